The Balaban J connectivity index is 0.00000210. The number of nitrogens with zero attached hydrogens (tertiary/aromatic N) is 4. The first-order valence-electron chi connectivity index (χ1n) is 8.46. The van der Waals surface area contributed by atoms with Gasteiger partial charge in [0.1, 0.15) is 11.6 Å². The summed E-state index contributed by atoms with van der Waals surface area (Å²) in [6.07, 6.45) is 5.70. The Morgan fingerprint density at radius 1 is 1.11 bits per heavy atom. The quantitative estimate of drug-likeness (QED) is 0.697. The predicted molar refractivity (Wildman–Crippen MR) is 105 cm³/mol. The number of halogens is 1. The molecule has 1 aliphatic carbocycles. The lowest BCUT2D eigenvalue weighted by molar-refractivity contribution is 0.277. The SMILES string of the molecule is Cl.N#Cc1ccnc(Nc2cc(C3CC3)cc(-c3ccc(CO)nc3)n2)c1. The molecule has 4 rings (SSSR count). The lowest BCUT2D eigenvalue weighted by Gasteiger charge is -2.11. The van der Waals surface area contributed by atoms with Crippen molar-refractivity contribution in [1.29, 1.82) is 5.26 Å². The van der Waals surface area contributed by atoms with Crippen LogP contribution in [0.1, 0.15) is 35.6 Å². The topological polar surface area (TPSA) is 94.7 Å². The Bertz CT molecular complexity index is 980. The highest BCUT2D eigenvalue weighted by Crippen LogP contribution is 2.41. The zero-order valence-corrected chi connectivity index (χ0v) is 15.3. The van der Waals surface area contributed by atoms with Crippen LogP contribution < -0.4 is 5.32 Å². The number of aromatic nitrogens is 3. The number of pyridine rings is 3. The minimum Gasteiger partial charge on any atom is -0.390 e. The summed E-state index contributed by atoms with van der Waals surface area (Å²) in [4.78, 5) is 13.2. The molecule has 0 aromatic carbocycles. The lowest BCUT2D eigenvalue weighted by atomic mass is 10.1. The predicted octanol–water partition coefficient (Wildman–Crippen LogP) is 3.95. The van der Waals surface area contributed by atoms with Gasteiger partial charge in [-0.15, -0.1) is 12.4 Å². The smallest absolute Gasteiger partial charge is 0.132 e. The van der Waals surface area contributed by atoms with Crippen molar-refractivity contribution in [3.8, 4) is 17.3 Å². The average Bonchev–Trinajstić information content (AvgIpc) is 3.53. The Morgan fingerprint density at radius 3 is 2.63 bits per heavy atom. The van der Waals surface area contributed by atoms with Crippen LogP contribution in [0.15, 0.2) is 48.8 Å². The van der Waals surface area contributed by atoms with E-state index in [0.29, 0.717) is 28.8 Å². The second-order valence-corrected chi connectivity index (χ2v) is 6.31. The third kappa shape index (κ3) is 4.40. The van der Waals surface area contributed by atoms with Crippen molar-refractivity contribution in [2.24, 2.45) is 0 Å². The molecule has 0 saturated heterocycles. The second-order valence-electron chi connectivity index (χ2n) is 6.31. The average molecular weight is 380 g/mol. The van der Waals surface area contributed by atoms with Crippen molar-refractivity contribution in [3.63, 3.8) is 0 Å². The summed E-state index contributed by atoms with van der Waals surface area (Å²) in [5, 5.41) is 21.4. The molecule has 3 heterocycles. The molecule has 1 saturated carbocycles. The summed E-state index contributed by atoms with van der Waals surface area (Å²) in [5.41, 5.74) is 4.13. The van der Waals surface area contributed by atoms with Crippen LogP contribution in [0.2, 0.25) is 0 Å². The van der Waals surface area contributed by atoms with E-state index in [2.05, 4.69) is 32.4 Å². The largest absolute Gasteiger partial charge is 0.390 e. The molecule has 3 aromatic heterocycles. The molecule has 0 amide bonds. The first-order chi connectivity index (χ1) is 12.7. The highest BCUT2D eigenvalue weighted by Gasteiger charge is 2.25. The molecule has 1 fully saturated rings. The van der Waals surface area contributed by atoms with Crippen LogP contribution in [-0.4, -0.2) is 20.1 Å². The van der Waals surface area contributed by atoms with Crippen LogP contribution >= 0.6 is 12.4 Å². The summed E-state index contributed by atoms with van der Waals surface area (Å²) in [5.74, 6) is 1.85. The van der Waals surface area contributed by atoms with Gasteiger partial charge in [0, 0.05) is 18.0 Å². The fraction of sp³-hybridized carbons (Fsp3) is 0.200. The highest BCUT2D eigenvalue weighted by atomic mass is 35.5. The van der Waals surface area contributed by atoms with Gasteiger partial charge in [-0.05, 0) is 60.7 Å². The normalized spacial score (nSPS) is 12.7. The third-order valence-electron chi connectivity index (χ3n) is 4.32. The molecular formula is C20H18ClN5O. The van der Waals surface area contributed by atoms with E-state index >= 15 is 0 Å². The Kier molecular flexibility index (Phi) is 5.65. The minimum atomic E-state index is -0.0798. The molecule has 0 aliphatic heterocycles. The third-order valence-corrected chi connectivity index (χ3v) is 4.32. The zero-order chi connectivity index (χ0) is 17.9. The fourth-order valence-electron chi connectivity index (χ4n) is 2.79. The van der Waals surface area contributed by atoms with E-state index in [4.69, 9.17) is 10.4 Å². The lowest BCUT2D eigenvalue weighted by Crippen LogP contribution is -1.99. The minimum absolute atomic E-state index is 0. The van der Waals surface area contributed by atoms with E-state index in [1.807, 2.05) is 12.1 Å². The highest BCUT2D eigenvalue weighted by molar-refractivity contribution is 5.85. The summed E-state index contributed by atoms with van der Waals surface area (Å²) in [6.45, 7) is -0.0798. The number of hydrogen-bond acceptors (Lipinski definition) is 6. The van der Waals surface area contributed by atoms with Crippen LogP contribution in [0, 0.1) is 11.3 Å². The summed E-state index contributed by atoms with van der Waals surface area (Å²) < 4.78 is 0. The van der Waals surface area contributed by atoms with Gasteiger partial charge in [-0.3, -0.25) is 4.98 Å². The van der Waals surface area contributed by atoms with Crippen LogP contribution in [-0.2, 0) is 6.61 Å². The van der Waals surface area contributed by atoms with E-state index in [0.717, 1.165) is 11.3 Å². The van der Waals surface area contributed by atoms with E-state index < -0.39 is 0 Å². The van der Waals surface area contributed by atoms with Crippen molar-refractivity contribution in [2.75, 3.05) is 5.32 Å². The fourth-order valence-corrected chi connectivity index (χ4v) is 2.79. The van der Waals surface area contributed by atoms with E-state index in [9.17, 15) is 0 Å². The molecule has 6 nitrogen and oxygen atoms in total. The molecule has 2 N–H and O–H groups in total. The van der Waals surface area contributed by atoms with Gasteiger partial charge in [-0.25, -0.2) is 9.97 Å². The number of aliphatic hydroxyl groups is 1. The maximum atomic E-state index is 9.16. The van der Waals surface area contributed by atoms with Gasteiger partial charge < -0.3 is 10.4 Å². The Morgan fingerprint density at radius 2 is 1.96 bits per heavy atom. The van der Waals surface area contributed by atoms with Gasteiger partial charge in [0.2, 0.25) is 0 Å². The molecule has 0 radical (unpaired) electrons. The Hall–Kier alpha value is -3.01. The standard InChI is InChI=1S/C20H17N5O.ClH/c21-10-13-5-6-22-19(7-13)25-20-9-16(14-1-2-14)8-18(24-20)15-3-4-17(12-26)23-11-15;/h3-9,11,14,26H,1-2,12H2,(H,22,24,25);1H. The van der Waals surface area contributed by atoms with Crippen LogP contribution in [0.4, 0.5) is 11.6 Å². The van der Waals surface area contributed by atoms with Crippen LogP contribution in [0.25, 0.3) is 11.3 Å². The van der Waals surface area contributed by atoms with E-state index in [-0.39, 0.29) is 19.0 Å². The zero-order valence-electron chi connectivity index (χ0n) is 14.5. The molecule has 0 bridgehead atoms. The van der Waals surface area contributed by atoms with Crippen molar-refractivity contribution < 1.29 is 5.11 Å². The number of aliphatic hydroxyl groups excluding tert-OH is 1. The number of anilines is 2. The number of nitriles is 1. The molecule has 3 aromatic rings. The maximum Gasteiger partial charge on any atom is 0.132 e. The van der Waals surface area contributed by atoms with Gasteiger partial charge in [-0.1, -0.05) is 0 Å². The maximum absolute atomic E-state index is 9.16. The first kappa shape index (κ1) is 18.8. The monoisotopic (exact) mass is 379 g/mol. The summed E-state index contributed by atoms with van der Waals surface area (Å²) in [7, 11) is 0. The molecular weight excluding hydrogens is 362 g/mol. The van der Waals surface area contributed by atoms with Crippen LogP contribution in [0.3, 0.4) is 0 Å². The number of rotatable bonds is 5. The number of hydrogen-bond donors (Lipinski definition) is 2. The molecule has 1 aliphatic rings. The summed E-state index contributed by atoms with van der Waals surface area (Å²) >= 11 is 0. The molecule has 0 spiro atoms. The molecule has 0 unspecified atom stereocenters. The molecule has 7 heteroatoms. The number of nitrogens with one attached hydrogen (secondary N) is 1. The van der Waals surface area contributed by atoms with Gasteiger partial charge in [0.15, 0.2) is 0 Å². The van der Waals surface area contributed by atoms with Crippen molar-refractivity contribution in [3.05, 3.63) is 65.6 Å². The van der Waals surface area contributed by atoms with Gasteiger partial charge >= 0.3 is 0 Å². The van der Waals surface area contributed by atoms with Gasteiger partial charge in [-0.2, -0.15) is 5.26 Å². The summed E-state index contributed by atoms with van der Waals surface area (Å²) in [6, 6.07) is 13.3. The molecule has 136 valence electrons. The van der Waals surface area contributed by atoms with Crippen LogP contribution in [0.5, 0.6) is 0 Å². The van der Waals surface area contributed by atoms with Crippen molar-refractivity contribution in [2.45, 2.75) is 25.4 Å². The van der Waals surface area contributed by atoms with Gasteiger partial charge in [0.25, 0.3) is 0 Å². The second kappa shape index (κ2) is 8.12. The van der Waals surface area contributed by atoms with E-state index in [1.54, 1.807) is 30.6 Å². The Labute approximate surface area is 163 Å². The molecule has 0 atom stereocenters. The first-order valence-corrected chi connectivity index (χ1v) is 8.46. The molecule has 27 heavy (non-hydrogen) atoms. The van der Waals surface area contributed by atoms with E-state index in [1.165, 1.54) is 18.4 Å². The van der Waals surface area contributed by atoms with Crippen molar-refractivity contribution >= 4 is 24.0 Å². The van der Waals surface area contributed by atoms with Gasteiger partial charge in [0.05, 0.1) is 29.6 Å². The van der Waals surface area contributed by atoms with Crippen molar-refractivity contribution in [1.82, 2.24) is 15.0 Å².